The number of rotatable bonds is 8. The number of nitrogens with zero attached hydrogens (tertiary/aromatic N) is 1. The van der Waals surface area contributed by atoms with E-state index in [2.05, 4.69) is 10.3 Å². The van der Waals surface area contributed by atoms with Crippen LogP contribution in [-0.4, -0.2) is 22.4 Å². The van der Waals surface area contributed by atoms with E-state index in [4.69, 9.17) is 5.21 Å². The van der Waals surface area contributed by atoms with Crippen molar-refractivity contribution in [2.75, 3.05) is 11.6 Å². The molecule has 0 saturated heterocycles. The lowest BCUT2D eigenvalue weighted by atomic mass is 10.2. The first-order chi connectivity index (χ1) is 12.2. The Kier molecular flexibility index (Phi) is 7.75. The monoisotopic (exact) mass is 355 g/mol. The van der Waals surface area contributed by atoms with Gasteiger partial charge >= 0.3 is 0 Å². The first kappa shape index (κ1) is 18.8. The number of hydrogen-bond acceptors (Lipinski definition) is 5. The van der Waals surface area contributed by atoms with Gasteiger partial charge in [0.2, 0.25) is 5.91 Å². The lowest BCUT2D eigenvalue weighted by Crippen LogP contribution is -2.18. The summed E-state index contributed by atoms with van der Waals surface area (Å²) in [5.41, 5.74) is 4.94. The van der Waals surface area contributed by atoms with E-state index in [0.29, 0.717) is 0 Å². The van der Waals surface area contributed by atoms with Crippen molar-refractivity contribution in [3.8, 4) is 0 Å². The van der Waals surface area contributed by atoms with Crippen LogP contribution in [0.5, 0.6) is 0 Å². The average molecular weight is 355 g/mol. The fourth-order valence-corrected chi connectivity index (χ4v) is 2.57. The van der Waals surface area contributed by atoms with Crippen LogP contribution in [0.2, 0.25) is 0 Å². The second kappa shape index (κ2) is 10.3. The number of thioether (sulfide) groups is 1. The number of allylic oxidation sites excluding steroid dienone is 2. The molecule has 0 saturated carbocycles. The largest absolute Gasteiger partial charge is 0.381 e. The molecule has 0 fully saturated rings. The molecule has 2 rings (SSSR count). The van der Waals surface area contributed by atoms with Gasteiger partial charge in [-0.15, -0.1) is 11.8 Å². The van der Waals surface area contributed by atoms with Crippen molar-refractivity contribution in [3.63, 3.8) is 0 Å². The van der Waals surface area contributed by atoms with Crippen molar-refractivity contribution in [1.82, 2.24) is 10.5 Å². The minimum absolute atomic E-state index is 0.167. The number of aromatic nitrogens is 1. The van der Waals surface area contributed by atoms with E-state index in [1.165, 1.54) is 17.3 Å². The van der Waals surface area contributed by atoms with E-state index >= 15 is 0 Å². The first-order valence-corrected chi connectivity index (χ1v) is 9.00. The highest BCUT2D eigenvalue weighted by atomic mass is 32.2. The van der Waals surface area contributed by atoms with Crippen LogP contribution in [0.1, 0.15) is 17.5 Å². The number of hydrogen-bond donors (Lipinski definition) is 3. The number of carbonyl (C=O) groups excluding carboxylic acids is 1. The van der Waals surface area contributed by atoms with Crippen molar-refractivity contribution in [1.29, 1.82) is 0 Å². The summed E-state index contributed by atoms with van der Waals surface area (Å²) in [6, 6.07) is 12.1. The summed E-state index contributed by atoms with van der Waals surface area (Å²) in [5, 5.41) is 11.9. The van der Waals surface area contributed by atoms with Crippen molar-refractivity contribution in [3.05, 3.63) is 77.0 Å². The third-order valence-corrected chi connectivity index (χ3v) is 4.25. The summed E-state index contributed by atoms with van der Waals surface area (Å²) in [7, 11) is 0. The number of hydroxylamine groups is 1. The topological polar surface area (TPSA) is 74.2 Å². The van der Waals surface area contributed by atoms with E-state index in [9.17, 15) is 4.79 Å². The maximum atomic E-state index is 11.2. The molecule has 5 nitrogen and oxygen atoms in total. The highest BCUT2D eigenvalue weighted by molar-refractivity contribution is 8.02. The summed E-state index contributed by atoms with van der Waals surface area (Å²) < 4.78 is 0. The van der Waals surface area contributed by atoms with Gasteiger partial charge in [0.15, 0.2) is 0 Å². The zero-order chi connectivity index (χ0) is 17.9. The predicted octanol–water partition coefficient (Wildman–Crippen LogP) is 3.85. The van der Waals surface area contributed by atoms with Crippen LogP contribution in [0, 0.1) is 0 Å². The van der Waals surface area contributed by atoms with E-state index in [1.807, 2.05) is 60.9 Å². The van der Waals surface area contributed by atoms with Gasteiger partial charge in [0, 0.05) is 24.6 Å². The molecule has 6 heteroatoms. The van der Waals surface area contributed by atoms with E-state index < -0.39 is 5.91 Å². The molecule has 3 N–H and O–H groups in total. The Hall–Kier alpha value is -2.57. The van der Waals surface area contributed by atoms with Crippen LogP contribution in [0.25, 0.3) is 6.08 Å². The maximum Gasteiger partial charge on any atom is 0.248 e. The number of benzene rings is 1. The second-order valence-corrected chi connectivity index (χ2v) is 6.17. The fraction of sp³-hybridized carbons (Fsp3) is 0.158. The van der Waals surface area contributed by atoms with E-state index in [1.54, 1.807) is 17.9 Å². The number of amides is 1. The Morgan fingerprint density at radius 3 is 2.56 bits per heavy atom. The maximum absolute atomic E-state index is 11.2. The molecule has 0 aliphatic rings. The number of nitrogens with one attached hydrogen (secondary N) is 2. The van der Waals surface area contributed by atoms with Gasteiger partial charge in [0.05, 0.1) is 6.42 Å². The third kappa shape index (κ3) is 6.82. The van der Waals surface area contributed by atoms with E-state index in [0.717, 1.165) is 22.7 Å². The molecule has 1 aromatic heterocycles. The molecule has 0 aliphatic carbocycles. The van der Waals surface area contributed by atoms with Gasteiger partial charge in [0.1, 0.15) is 0 Å². The molecule has 0 spiro atoms. The van der Waals surface area contributed by atoms with Gasteiger partial charge in [-0.2, -0.15) is 0 Å². The van der Waals surface area contributed by atoms with Crippen LogP contribution in [-0.2, 0) is 11.3 Å². The average Bonchev–Trinajstić information content (AvgIpc) is 2.67. The molecule has 0 unspecified atom stereocenters. The molecule has 0 atom stereocenters. The third-order valence-electron chi connectivity index (χ3n) is 3.45. The molecule has 1 amide bonds. The van der Waals surface area contributed by atoms with Crippen LogP contribution in [0.3, 0.4) is 0 Å². The van der Waals surface area contributed by atoms with Gasteiger partial charge in [0.25, 0.3) is 0 Å². The molecule has 0 aliphatic heterocycles. The van der Waals surface area contributed by atoms with Crippen LogP contribution < -0.4 is 10.8 Å². The molecule has 25 heavy (non-hydrogen) atoms. The summed E-state index contributed by atoms with van der Waals surface area (Å²) in [6.07, 6.45) is 11.4. The highest BCUT2D eigenvalue weighted by Gasteiger charge is 2.02. The Bertz CT molecular complexity index is 728. The molecule has 2 aromatic rings. The molecular formula is C19H21N3O2S. The SMILES string of the molecule is CS/C(=C\C=C\c1ccc(NCc2ccncc2)cc1)CC(=O)NO. The molecule has 0 radical (unpaired) electrons. The molecule has 1 heterocycles. The van der Waals surface area contributed by atoms with E-state index in [-0.39, 0.29) is 6.42 Å². The Labute approximate surface area is 151 Å². The minimum Gasteiger partial charge on any atom is -0.381 e. The van der Waals surface area contributed by atoms with Gasteiger partial charge in [-0.1, -0.05) is 30.4 Å². The standard InChI is InChI=1S/C19H21N3O2S/c1-25-18(13-19(23)22-24)4-2-3-15-5-7-17(8-6-15)21-14-16-9-11-20-12-10-16/h2-12,21,24H,13-14H2,1H3,(H,22,23)/b3-2+,18-4-. The summed E-state index contributed by atoms with van der Waals surface area (Å²) >= 11 is 1.48. The molecule has 0 bridgehead atoms. The van der Waals surface area contributed by atoms with Crippen molar-refractivity contribution >= 4 is 29.4 Å². The zero-order valence-electron chi connectivity index (χ0n) is 14.0. The highest BCUT2D eigenvalue weighted by Crippen LogP contribution is 2.17. The molecule has 1 aromatic carbocycles. The number of carbonyl (C=O) groups is 1. The lowest BCUT2D eigenvalue weighted by molar-refractivity contribution is -0.128. The first-order valence-electron chi connectivity index (χ1n) is 7.78. The van der Waals surface area contributed by atoms with Crippen LogP contribution in [0.15, 0.2) is 65.8 Å². The lowest BCUT2D eigenvalue weighted by Gasteiger charge is -2.06. The number of pyridine rings is 1. The van der Waals surface area contributed by atoms with Gasteiger partial charge < -0.3 is 5.32 Å². The minimum atomic E-state index is -0.418. The summed E-state index contributed by atoms with van der Waals surface area (Å²) in [5.74, 6) is -0.418. The second-order valence-electron chi connectivity index (χ2n) is 5.24. The Morgan fingerprint density at radius 2 is 1.92 bits per heavy atom. The van der Waals surface area contributed by atoms with Crippen molar-refractivity contribution in [2.45, 2.75) is 13.0 Å². The summed E-state index contributed by atoms with van der Waals surface area (Å²) in [4.78, 5) is 16.0. The fourth-order valence-electron chi connectivity index (χ4n) is 2.08. The Balaban J connectivity index is 1.89. The van der Waals surface area contributed by atoms with Crippen LogP contribution in [0.4, 0.5) is 5.69 Å². The molecular weight excluding hydrogens is 334 g/mol. The van der Waals surface area contributed by atoms with Crippen molar-refractivity contribution in [2.24, 2.45) is 0 Å². The normalized spacial score (nSPS) is 11.5. The van der Waals surface area contributed by atoms with Gasteiger partial charge in [-0.05, 0) is 46.6 Å². The quantitative estimate of drug-likeness (QED) is 0.381. The van der Waals surface area contributed by atoms with Crippen LogP contribution >= 0.6 is 11.8 Å². The number of anilines is 1. The van der Waals surface area contributed by atoms with Gasteiger partial charge in [-0.25, -0.2) is 5.48 Å². The van der Waals surface area contributed by atoms with Gasteiger partial charge in [-0.3, -0.25) is 15.0 Å². The predicted molar refractivity (Wildman–Crippen MR) is 103 cm³/mol. The smallest absolute Gasteiger partial charge is 0.248 e. The summed E-state index contributed by atoms with van der Waals surface area (Å²) in [6.45, 7) is 0.754. The zero-order valence-corrected chi connectivity index (χ0v) is 14.8. The Morgan fingerprint density at radius 1 is 1.20 bits per heavy atom. The van der Waals surface area contributed by atoms with Crippen molar-refractivity contribution < 1.29 is 10.0 Å². The molecule has 130 valence electrons.